The van der Waals surface area contributed by atoms with Crippen molar-refractivity contribution in [3.63, 3.8) is 0 Å². The first-order valence-electron chi connectivity index (χ1n) is 8.56. The highest BCUT2D eigenvalue weighted by atomic mass is 16.5. The Kier molecular flexibility index (Phi) is 5.51. The summed E-state index contributed by atoms with van der Waals surface area (Å²) in [6.45, 7) is 4.12. The number of anilines is 5. The number of nitrogen functional groups attached to an aromatic ring is 1. The number of ether oxygens (including phenoxy) is 1. The van der Waals surface area contributed by atoms with E-state index in [1.54, 1.807) is 31.2 Å². The topological polar surface area (TPSA) is 102 Å². The molecule has 0 aliphatic carbocycles. The van der Waals surface area contributed by atoms with Crippen molar-refractivity contribution in [1.82, 2.24) is 9.97 Å². The minimum absolute atomic E-state index is 0.340. The molecule has 1 heterocycles. The lowest BCUT2D eigenvalue weighted by Gasteiger charge is -2.14. The van der Waals surface area contributed by atoms with E-state index in [0.717, 1.165) is 16.9 Å². The van der Waals surface area contributed by atoms with Crippen molar-refractivity contribution in [2.24, 2.45) is 0 Å². The Labute approximate surface area is 157 Å². The third kappa shape index (κ3) is 4.33. The van der Waals surface area contributed by atoms with E-state index in [2.05, 4.69) is 20.6 Å². The van der Waals surface area contributed by atoms with Gasteiger partial charge in [-0.15, -0.1) is 0 Å². The second kappa shape index (κ2) is 8.18. The lowest BCUT2D eigenvalue weighted by atomic mass is 10.2. The molecule has 0 saturated heterocycles. The van der Waals surface area contributed by atoms with Gasteiger partial charge in [0, 0.05) is 11.4 Å². The number of esters is 1. The predicted molar refractivity (Wildman–Crippen MR) is 107 cm³/mol. The first kappa shape index (κ1) is 18.2. The molecule has 0 unspecified atom stereocenters. The van der Waals surface area contributed by atoms with Crippen molar-refractivity contribution in [3.8, 4) is 0 Å². The summed E-state index contributed by atoms with van der Waals surface area (Å²) < 4.78 is 4.98. The van der Waals surface area contributed by atoms with Crippen LogP contribution in [0.4, 0.5) is 28.7 Å². The van der Waals surface area contributed by atoms with E-state index in [1.807, 2.05) is 31.2 Å². The highest BCUT2D eigenvalue weighted by Gasteiger charge is 2.11. The zero-order valence-electron chi connectivity index (χ0n) is 15.2. The summed E-state index contributed by atoms with van der Waals surface area (Å²) in [6, 6.07) is 14.8. The highest BCUT2D eigenvalue weighted by Crippen LogP contribution is 2.29. The fraction of sp³-hybridized carbons (Fsp3) is 0.150. The molecule has 2 aromatic carbocycles. The molecule has 0 aliphatic rings. The first-order chi connectivity index (χ1) is 13.1. The Bertz CT molecular complexity index is 941. The molecule has 0 amide bonds. The van der Waals surface area contributed by atoms with E-state index in [0.29, 0.717) is 29.5 Å². The summed E-state index contributed by atoms with van der Waals surface area (Å²) in [5.41, 5.74) is 9.86. The van der Waals surface area contributed by atoms with Gasteiger partial charge in [0.25, 0.3) is 0 Å². The predicted octanol–water partition coefficient (Wildman–Crippen LogP) is 4.03. The quantitative estimate of drug-likeness (QED) is 0.568. The van der Waals surface area contributed by atoms with Gasteiger partial charge in [0.15, 0.2) is 11.6 Å². The normalized spacial score (nSPS) is 10.3. The van der Waals surface area contributed by atoms with Crippen LogP contribution in [0.3, 0.4) is 0 Å². The van der Waals surface area contributed by atoms with Crippen molar-refractivity contribution < 1.29 is 9.53 Å². The maximum atomic E-state index is 11.7. The molecule has 7 nitrogen and oxygen atoms in total. The molecule has 3 rings (SSSR count). The maximum Gasteiger partial charge on any atom is 0.338 e. The monoisotopic (exact) mass is 363 g/mol. The molecule has 0 saturated carbocycles. The first-order valence-corrected chi connectivity index (χ1v) is 8.56. The number of hydrogen-bond donors (Lipinski definition) is 3. The number of nitrogens with zero attached hydrogens (tertiary/aromatic N) is 2. The summed E-state index contributed by atoms with van der Waals surface area (Å²) in [4.78, 5) is 20.2. The van der Waals surface area contributed by atoms with Gasteiger partial charge in [-0.3, -0.25) is 0 Å². The minimum atomic E-state index is -0.352. The third-order valence-electron chi connectivity index (χ3n) is 3.94. The zero-order valence-corrected chi connectivity index (χ0v) is 15.2. The van der Waals surface area contributed by atoms with E-state index >= 15 is 0 Å². The molecule has 0 spiro atoms. The van der Waals surface area contributed by atoms with Crippen molar-refractivity contribution >= 4 is 34.7 Å². The molecule has 0 radical (unpaired) electrons. The van der Waals surface area contributed by atoms with Crippen LogP contribution in [0.1, 0.15) is 22.8 Å². The number of hydrogen-bond acceptors (Lipinski definition) is 7. The molecule has 0 aliphatic heterocycles. The lowest BCUT2D eigenvalue weighted by Crippen LogP contribution is -2.06. The summed E-state index contributed by atoms with van der Waals surface area (Å²) in [6.07, 6.45) is 1.44. The van der Waals surface area contributed by atoms with Gasteiger partial charge in [-0.25, -0.2) is 14.8 Å². The number of aromatic nitrogens is 2. The van der Waals surface area contributed by atoms with Crippen LogP contribution in [-0.2, 0) is 4.74 Å². The highest BCUT2D eigenvalue weighted by molar-refractivity contribution is 5.90. The molecule has 0 atom stereocenters. The Morgan fingerprint density at radius 3 is 2.37 bits per heavy atom. The maximum absolute atomic E-state index is 11.7. The van der Waals surface area contributed by atoms with Gasteiger partial charge in [-0.1, -0.05) is 18.2 Å². The summed E-state index contributed by atoms with van der Waals surface area (Å²) in [7, 11) is 0. The van der Waals surface area contributed by atoms with E-state index in [9.17, 15) is 4.79 Å². The Hall–Kier alpha value is -3.61. The van der Waals surface area contributed by atoms with Gasteiger partial charge in [0.05, 0.1) is 12.2 Å². The van der Waals surface area contributed by atoms with E-state index < -0.39 is 0 Å². The fourth-order valence-corrected chi connectivity index (χ4v) is 2.48. The van der Waals surface area contributed by atoms with Gasteiger partial charge in [0.1, 0.15) is 12.0 Å². The second-order valence-corrected chi connectivity index (χ2v) is 5.85. The van der Waals surface area contributed by atoms with Crippen LogP contribution >= 0.6 is 0 Å². The second-order valence-electron chi connectivity index (χ2n) is 5.85. The average molecular weight is 363 g/mol. The van der Waals surface area contributed by atoms with Gasteiger partial charge in [-0.05, 0) is 49.7 Å². The molecule has 27 heavy (non-hydrogen) atoms. The molecule has 0 fully saturated rings. The van der Waals surface area contributed by atoms with Crippen LogP contribution in [0.15, 0.2) is 54.9 Å². The Morgan fingerprint density at radius 2 is 1.70 bits per heavy atom. The summed E-state index contributed by atoms with van der Waals surface area (Å²) in [5, 5.41) is 6.37. The smallest absolute Gasteiger partial charge is 0.338 e. The summed E-state index contributed by atoms with van der Waals surface area (Å²) >= 11 is 0. The molecule has 7 heteroatoms. The fourth-order valence-electron chi connectivity index (χ4n) is 2.48. The third-order valence-corrected chi connectivity index (χ3v) is 3.94. The number of nitrogens with one attached hydrogen (secondary N) is 2. The van der Waals surface area contributed by atoms with E-state index in [-0.39, 0.29) is 5.97 Å². The summed E-state index contributed by atoms with van der Waals surface area (Å²) in [5.74, 6) is 0.644. The number of carbonyl (C=O) groups excluding carboxylic acids is 1. The number of benzene rings is 2. The number of aryl methyl sites for hydroxylation is 1. The molecule has 1 aromatic heterocycles. The van der Waals surface area contributed by atoms with E-state index in [4.69, 9.17) is 10.5 Å². The van der Waals surface area contributed by atoms with Crippen LogP contribution in [0.5, 0.6) is 0 Å². The van der Waals surface area contributed by atoms with Crippen molar-refractivity contribution in [2.75, 3.05) is 23.0 Å². The minimum Gasteiger partial charge on any atom is -0.462 e. The number of para-hydroxylation sites is 1. The van der Waals surface area contributed by atoms with E-state index in [1.165, 1.54) is 6.33 Å². The molecular formula is C20H21N5O2. The van der Waals surface area contributed by atoms with Crippen LogP contribution in [-0.4, -0.2) is 22.5 Å². The molecule has 138 valence electrons. The van der Waals surface area contributed by atoms with Crippen molar-refractivity contribution in [1.29, 1.82) is 0 Å². The van der Waals surface area contributed by atoms with Gasteiger partial charge in [-0.2, -0.15) is 0 Å². The zero-order chi connectivity index (χ0) is 19.2. The Balaban J connectivity index is 1.78. The molecule has 4 N–H and O–H groups in total. The lowest BCUT2D eigenvalue weighted by molar-refractivity contribution is 0.0526. The molecule has 0 bridgehead atoms. The molecular weight excluding hydrogens is 342 g/mol. The number of carbonyl (C=O) groups is 1. The van der Waals surface area contributed by atoms with Crippen LogP contribution in [0.25, 0.3) is 0 Å². The van der Waals surface area contributed by atoms with Gasteiger partial charge in [0.2, 0.25) is 0 Å². The van der Waals surface area contributed by atoms with Crippen molar-refractivity contribution in [2.45, 2.75) is 13.8 Å². The Morgan fingerprint density at radius 1 is 1.04 bits per heavy atom. The standard InChI is InChI=1S/C20H21N5O2/c1-3-27-20(26)14-8-10-15(11-9-14)24-18-17(21)19(23-12-22-18)25-16-7-5-4-6-13(16)2/h4-12H,3,21H2,1-2H3,(H2,22,23,24,25). The number of nitrogens with two attached hydrogens (primary N) is 1. The van der Waals surface area contributed by atoms with Crippen LogP contribution in [0, 0.1) is 6.92 Å². The van der Waals surface area contributed by atoms with Gasteiger partial charge < -0.3 is 21.1 Å². The van der Waals surface area contributed by atoms with Crippen molar-refractivity contribution in [3.05, 3.63) is 66.0 Å². The largest absolute Gasteiger partial charge is 0.462 e. The average Bonchev–Trinajstić information content (AvgIpc) is 2.67. The number of rotatable bonds is 6. The molecule has 3 aromatic rings. The SMILES string of the molecule is CCOC(=O)c1ccc(Nc2ncnc(Nc3ccccc3C)c2N)cc1. The van der Waals surface area contributed by atoms with Crippen LogP contribution in [0.2, 0.25) is 0 Å². The van der Waals surface area contributed by atoms with Gasteiger partial charge >= 0.3 is 5.97 Å². The van der Waals surface area contributed by atoms with Crippen LogP contribution < -0.4 is 16.4 Å².